The molecule has 0 atom stereocenters. The highest BCUT2D eigenvalue weighted by Crippen LogP contribution is 2.08. The molecule has 0 fully saturated rings. The molecule has 13 heavy (non-hydrogen) atoms. The topological polar surface area (TPSA) is 89.8 Å². The molecule has 0 bridgehead atoms. The number of aromatic nitrogens is 2. The third-order valence-electron chi connectivity index (χ3n) is 1.42. The molecule has 0 saturated carbocycles. The van der Waals surface area contributed by atoms with E-state index in [1.165, 1.54) is 0 Å². The zero-order valence-corrected chi connectivity index (χ0v) is 7.33. The summed E-state index contributed by atoms with van der Waals surface area (Å²) in [6.45, 7) is 4.37. The van der Waals surface area contributed by atoms with Crippen LogP contribution in [0.3, 0.4) is 0 Å². The molecule has 0 aliphatic carbocycles. The van der Waals surface area contributed by atoms with E-state index in [1.54, 1.807) is 6.07 Å². The van der Waals surface area contributed by atoms with Gasteiger partial charge < -0.3 is 16.8 Å². The van der Waals surface area contributed by atoms with E-state index in [9.17, 15) is 0 Å². The molecule has 1 rings (SSSR count). The summed E-state index contributed by atoms with van der Waals surface area (Å²) in [5, 5.41) is 3.04. The summed E-state index contributed by atoms with van der Waals surface area (Å²) < 4.78 is 0. The molecule has 0 saturated heterocycles. The molecule has 70 valence electrons. The number of nitrogen functional groups attached to an aromatic ring is 2. The van der Waals surface area contributed by atoms with Gasteiger partial charge in [0.25, 0.3) is 0 Å². The summed E-state index contributed by atoms with van der Waals surface area (Å²) in [7, 11) is 0. The lowest BCUT2D eigenvalue weighted by Gasteiger charge is -2.04. The zero-order valence-electron chi connectivity index (χ0n) is 7.33. The van der Waals surface area contributed by atoms with Gasteiger partial charge in [-0.1, -0.05) is 6.08 Å². The Labute approximate surface area is 76.9 Å². The first-order chi connectivity index (χ1) is 6.22. The number of nitrogens with two attached hydrogens (primary N) is 2. The van der Waals surface area contributed by atoms with Crippen LogP contribution >= 0.6 is 0 Å². The molecule has 1 aromatic heterocycles. The second kappa shape index (κ2) is 4.30. The number of hydrogen-bond donors (Lipinski definition) is 3. The monoisotopic (exact) mass is 179 g/mol. The molecule has 0 aromatic carbocycles. The average molecular weight is 179 g/mol. The Morgan fingerprint density at radius 2 is 2.23 bits per heavy atom. The van der Waals surface area contributed by atoms with Crippen LogP contribution in [0.1, 0.15) is 6.42 Å². The lowest BCUT2D eigenvalue weighted by molar-refractivity contribution is 1.04. The fourth-order valence-corrected chi connectivity index (χ4v) is 0.878. The first-order valence-corrected chi connectivity index (χ1v) is 3.97. The van der Waals surface area contributed by atoms with Crippen molar-refractivity contribution in [2.45, 2.75) is 6.42 Å². The highest BCUT2D eigenvalue weighted by molar-refractivity contribution is 5.48. The quantitative estimate of drug-likeness (QED) is 0.466. The Morgan fingerprint density at radius 1 is 1.46 bits per heavy atom. The third-order valence-corrected chi connectivity index (χ3v) is 1.42. The van der Waals surface area contributed by atoms with Crippen molar-refractivity contribution in [1.29, 1.82) is 0 Å². The first kappa shape index (κ1) is 9.31. The van der Waals surface area contributed by atoms with Gasteiger partial charge in [0.15, 0.2) is 0 Å². The predicted molar refractivity (Wildman–Crippen MR) is 54.2 cm³/mol. The Kier molecular flexibility index (Phi) is 3.08. The number of nitrogens with one attached hydrogen (secondary N) is 1. The van der Waals surface area contributed by atoms with Crippen LogP contribution in [-0.2, 0) is 0 Å². The number of hydrogen-bond acceptors (Lipinski definition) is 5. The van der Waals surface area contributed by atoms with Gasteiger partial charge in [0.2, 0.25) is 5.95 Å². The van der Waals surface area contributed by atoms with Gasteiger partial charge in [-0.25, -0.2) is 0 Å². The van der Waals surface area contributed by atoms with Gasteiger partial charge in [0.1, 0.15) is 11.6 Å². The van der Waals surface area contributed by atoms with Crippen LogP contribution in [-0.4, -0.2) is 16.5 Å². The van der Waals surface area contributed by atoms with E-state index in [0.29, 0.717) is 11.6 Å². The van der Waals surface area contributed by atoms with E-state index in [2.05, 4.69) is 21.9 Å². The van der Waals surface area contributed by atoms with E-state index >= 15 is 0 Å². The van der Waals surface area contributed by atoms with Crippen LogP contribution in [0.15, 0.2) is 18.7 Å². The van der Waals surface area contributed by atoms with Gasteiger partial charge in [0.05, 0.1) is 0 Å². The third kappa shape index (κ3) is 2.98. The van der Waals surface area contributed by atoms with Gasteiger partial charge in [-0.2, -0.15) is 9.97 Å². The van der Waals surface area contributed by atoms with Gasteiger partial charge in [-0.15, -0.1) is 6.58 Å². The van der Waals surface area contributed by atoms with E-state index < -0.39 is 0 Å². The maximum atomic E-state index is 5.47. The van der Waals surface area contributed by atoms with Crippen molar-refractivity contribution in [1.82, 2.24) is 9.97 Å². The molecule has 0 spiro atoms. The van der Waals surface area contributed by atoms with E-state index in [1.807, 2.05) is 6.08 Å². The summed E-state index contributed by atoms with van der Waals surface area (Å²) >= 11 is 0. The van der Waals surface area contributed by atoms with Crippen molar-refractivity contribution in [2.75, 3.05) is 23.3 Å². The minimum Gasteiger partial charge on any atom is -0.383 e. The maximum Gasteiger partial charge on any atom is 0.223 e. The van der Waals surface area contributed by atoms with E-state index in [0.717, 1.165) is 13.0 Å². The molecule has 5 nitrogen and oxygen atoms in total. The number of rotatable bonds is 4. The molecule has 5 heteroatoms. The predicted octanol–water partition coefficient (Wildman–Crippen LogP) is 0.629. The lowest BCUT2D eigenvalue weighted by Crippen LogP contribution is -2.06. The summed E-state index contributed by atoms with van der Waals surface area (Å²) in [6.07, 6.45) is 2.69. The summed E-state index contributed by atoms with van der Waals surface area (Å²) in [4.78, 5) is 7.69. The van der Waals surface area contributed by atoms with Crippen molar-refractivity contribution in [3.05, 3.63) is 18.7 Å². The molecule has 1 heterocycles. The van der Waals surface area contributed by atoms with Crippen LogP contribution in [0, 0.1) is 0 Å². The fraction of sp³-hybridized carbons (Fsp3) is 0.250. The van der Waals surface area contributed by atoms with Crippen LogP contribution in [0.5, 0.6) is 0 Å². The minimum absolute atomic E-state index is 0.182. The van der Waals surface area contributed by atoms with E-state index in [4.69, 9.17) is 11.5 Å². The Bertz CT molecular complexity index is 276. The lowest BCUT2D eigenvalue weighted by atomic mass is 10.4. The Balaban J connectivity index is 2.60. The summed E-state index contributed by atoms with van der Waals surface area (Å²) in [5.74, 6) is 1.20. The van der Waals surface area contributed by atoms with Crippen molar-refractivity contribution < 1.29 is 0 Å². The van der Waals surface area contributed by atoms with Gasteiger partial charge in [0, 0.05) is 12.6 Å². The largest absolute Gasteiger partial charge is 0.383 e. The molecular weight excluding hydrogens is 166 g/mol. The van der Waals surface area contributed by atoms with E-state index in [-0.39, 0.29) is 5.95 Å². The Hall–Kier alpha value is -1.78. The molecule has 0 radical (unpaired) electrons. The maximum absolute atomic E-state index is 5.47. The van der Waals surface area contributed by atoms with Gasteiger partial charge in [-0.3, -0.25) is 0 Å². The van der Waals surface area contributed by atoms with Crippen LogP contribution in [0.2, 0.25) is 0 Å². The zero-order chi connectivity index (χ0) is 9.68. The van der Waals surface area contributed by atoms with Crippen LogP contribution < -0.4 is 16.8 Å². The van der Waals surface area contributed by atoms with Crippen molar-refractivity contribution >= 4 is 17.6 Å². The second-order valence-corrected chi connectivity index (χ2v) is 2.54. The molecule has 5 N–H and O–H groups in total. The molecule has 0 amide bonds. The molecule has 1 aromatic rings. The van der Waals surface area contributed by atoms with Crippen molar-refractivity contribution in [2.24, 2.45) is 0 Å². The van der Waals surface area contributed by atoms with Gasteiger partial charge in [-0.05, 0) is 6.42 Å². The first-order valence-electron chi connectivity index (χ1n) is 3.97. The molecular formula is C8H13N5. The molecule has 0 aliphatic rings. The minimum atomic E-state index is 0.182. The van der Waals surface area contributed by atoms with Crippen LogP contribution in [0.4, 0.5) is 17.6 Å². The molecule has 0 unspecified atom stereocenters. The smallest absolute Gasteiger partial charge is 0.223 e. The number of nitrogens with zero attached hydrogens (tertiary/aromatic N) is 2. The van der Waals surface area contributed by atoms with Crippen molar-refractivity contribution in [3.63, 3.8) is 0 Å². The standard InChI is InChI=1S/C8H13N5/c1-2-3-4-11-7-5-6(9)12-8(10)13-7/h2,5H,1,3-4H2,(H5,9,10,11,12,13). The highest BCUT2D eigenvalue weighted by atomic mass is 15.1. The second-order valence-electron chi connectivity index (χ2n) is 2.54. The summed E-state index contributed by atoms with van der Waals surface area (Å²) in [6, 6.07) is 1.64. The Morgan fingerprint density at radius 3 is 2.85 bits per heavy atom. The van der Waals surface area contributed by atoms with Crippen molar-refractivity contribution in [3.8, 4) is 0 Å². The summed E-state index contributed by atoms with van der Waals surface area (Å²) in [5.41, 5.74) is 10.9. The fourth-order valence-electron chi connectivity index (χ4n) is 0.878. The molecule has 0 aliphatic heterocycles. The average Bonchev–Trinajstić information content (AvgIpc) is 2.03. The number of anilines is 3. The normalized spacial score (nSPS) is 9.54. The highest BCUT2D eigenvalue weighted by Gasteiger charge is 1.97. The SMILES string of the molecule is C=CCCNc1cc(N)nc(N)n1. The van der Waals surface area contributed by atoms with Gasteiger partial charge >= 0.3 is 0 Å². The van der Waals surface area contributed by atoms with Crippen LogP contribution in [0.25, 0.3) is 0 Å².